The van der Waals surface area contributed by atoms with Gasteiger partial charge in [-0.25, -0.2) is 0 Å². The number of nitrogens with two attached hydrogens (primary N) is 1. The van der Waals surface area contributed by atoms with Crippen molar-refractivity contribution in [2.24, 2.45) is 5.73 Å². The molecule has 0 bridgehead atoms. The zero-order valence-corrected chi connectivity index (χ0v) is 11.5. The molecule has 0 spiro atoms. The molecule has 0 aromatic heterocycles. The topological polar surface area (TPSA) is 64.7 Å². The summed E-state index contributed by atoms with van der Waals surface area (Å²) < 4.78 is 11.3. The lowest BCUT2D eigenvalue weighted by Crippen LogP contribution is -2.49. The first-order valence-corrected chi connectivity index (χ1v) is 6.20. The van der Waals surface area contributed by atoms with Crippen molar-refractivity contribution < 1.29 is 14.6 Å². The summed E-state index contributed by atoms with van der Waals surface area (Å²) in [6.07, 6.45) is 1.12. The van der Waals surface area contributed by atoms with Gasteiger partial charge in [-0.3, -0.25) is 0 Å². The maximum atomic E-state index is 10.4. The van der Waals surface area contributed by atoms with E-state index in [1.165, 1.54) is 0 Å². The van der Waals surface area contributed by atoms with E-state index in [0.717, 1.165) is 5.56 Å². The minimum atomic E-state index is -0.875. The summed E-state index contributed by atoms with van der Waals surface area (Å²) in [7, 11) is 3.16. The second-order valence-electron chi connectivity index (χ2n) is 4.36. The van der Waals surface area contributed by atoms with E-state index in [9.17, 15) is 5.11 Å². The van der Waals surface area contributed by atoms with Crippen molar-refractivity contribution in [1.82, 2.24) is 0 Å². The summed E-state index contributed by atoms with van der Waals surface area (Å²) in [6, 6.07) is 3.70. The van der Waals surface area contributed by atoms with E-state index in [1.54, 1.807) is 14.2 Å². The molecule has 0 radical (unpaired) electrons. The zero-order valence-electron chi connectivity index (χ0n) is 9.87. The van der Waals surface area contributed by atoms with Crippen LogP contribution in [0.15, 0.2) is 16.6 Å². The van der Waals surface area contributed by atoms with Gasteiger partial charge in [0, 0.05) is 11.6 Å². The van der Waals surface area contributed by atoms with Crippen molar-refractivity contribution in [2.45, 2.75) is 24.5 Å². The van der Waals surface area contributed by atoms with Gasteiger partial charge in [0.15, 0.2) is 0 Å². The maximum absolute atomic E-state index is 10.4. The van der Waals surface area contributed by atoms with E-state index >= 15 is 0 Å². The summed E-state index contributed by atoms with van der Waals surface area (Å²) in [5.74, 6) is 1.29. The van der Waals surface area contributed by atoms with E-state index in [1.807, 2.05) is 12.1 Å². The molecule has 0 saturated heterocycles. The number of aliphatic hydroxyl groups is 1. The van der Waals surface area contributed by atoms with Crippen LogP contribution in [0.1, 0.15) is 18.4 Å². The van der Waals surface area contributed by atoms with Crippen LogP contribution in [0.4, 0.5) is 0 Å². The number of ether oxygens (including phenoxy) is 2. The van der Waals surface area contributed by atoms with Crippen molar-refractivity contribution in [3.63, 3.8) is 0 Å². The lowest BCUT2D eigenvalue weighted by molar-refractivity contribution is -0.0539. The second-order valence-corrected chi connectivity index (χ2v) is 5.16. The van der Waals surface area contributed by atoms with Crippen LogP contribution in [-0.2, 0) is 5.60 Å². The lowest BCUT2D eigenvalue weighted by Gasteiger charge is -2.42. The van der Waals surface area contributed by atoms with Crippen LogP contribution in [-0.4, -0.2) is 25.4 Å². The summed E-state index contributed by atoms with van der Waals surface area (Å²) in [6.45, 7) is 0. The van der Waals surface area contributed by atoms with Gasteiger partial charge in [-0.05, 0) is 40.9 Å². The first-order chi connectivity index (χ1) is 8.01. The molecule has 1 saturated carbocycles. The van der Waals surface area contributed by atoms with Gasteiger partial charge in [-0.15, -0.1) is 0 Å². The van der Waals surface area contributed by atoms with E-state index in [0.29, 0.717) is 28.8 Å². The molecule has 17 heavy (non-hydrogen) atoms. The molecule has 5 heteroatoms. The number of hydrogen-bond donors (Lipinski definition) is 2. The van der Waals surface area contributed by atoms with E-state index in [4.69, 9.17) is 15.2 Å². The molecule has 0 atom stereocenters. The lowest BCUT2D eigenvalue weighted by atomic mass is 9.71. The molecular formula is C12H16BrNO3. The summed E-state index contributed by atoms with van der Waals surface area (Å²) in [4.78, 5) is 0. The predicted molar refractivity (Wildman–Crippen MR) is 68.4 cm³/mol. The van der Waals surface area contributed by atoms with Gasteiger partial charge < -0.3 is 20.3 Å². The SMILES string of the molecule is COc1ccc(C2(O)CC(N)C2)c(OC)c1Br. The molecule has 0 unspecified atom stereocenters. The quantitative estimate of drug-likeness (QED) is 0.893. The van der Waals surface area contributed by atoms with Crippen LogP contribution in [0.3, 0.4) is 0 Å². The Bertz CT molecular complexity index is 430. The molecule has 94 valence electrons. The minimum Gasteiger partial charge on any atom is -0.495 e. The fourth-order valence-corrected chi connectivity index (χ4v) is 2.96. The van der Waals surface area contributed by atoms with Crippen molar-refractivity contribution in [1.29, 1.82) is 0 Å². The molecular weight excluding hydrogens is 286 g/mol. The van der Waals surface area contributed by atoms with Crippen molar-refractivity contribution in [2.75, 3.05) is 14.2 Å². The Labute approximate surface area is 109 Å². The normalized spacial score (nSPS) is 27.5. The maximum Gasteiger partial charge on any atom is 0.142 e. The smallest absolute Gasteiger partial charge is 0.142 e. The standard InChI is InChI=1S/C12H16BrNO3/c1-16-9-4-3-8(11(17-2)10(9)13)12(15)5-7(14)6-12/h3-4,7,15H,5-6,14H2,1-2H3. The number of hydrogen-bond acceptors (Lipinski definition) is 4. The first-order valence-electron chi connectivity index (χ1n) is 5.40. The van der Waals surface area contributed by atoms with Crippen LogP contribution in [0.2, 0.25) is 0 Å². The summed E-state index contributed by atoms with van der Waals surface area (Å²) in [5, 5.41) is 10.4. The number of benzene rings is 1. The molecule has 0 aliphatic heterocycles. The molecule has 0 heterocycles. The van der Waals surface area contributed by atoms with Crippen LogP contribution < -0.4 is 15.2 Å². The predicted octanol–water partition coefficient (Wildman–Crippen LogP) is 1.77. The molecule has 1 fully saturated rings. The Morgan fingerprint density at radius 3 is 2.47 bits per heavy atom. The van der Waals surface area contributed by atoms with Crippen molar-refractivity contribution in [3.8, 4) is 11.5 Å². The minimum absolute atomic E-state index is 0.0607. The Morgan fingerprint density at radius 1 is 1.35 bits per heavy atom. The van der Waals surface area contributed by atoms with Crippen LogP contribution in [0.25, 0.3) is 0 Å². The molecule has 3 N–H and O–H groups in total. The second kappa shape index (κ2) is 4.48. The highest BCUT2D eigenvalue weighted by molar-refractivity contribution is 9.10. The Hall–Kier alpha value is -0.780. The zero-order chi connectivity index (χ0) is 12.6. The number of halogens is 1. The highest BCUT2D eigenvalue weighted by atomic mass is 79.9. The highest BCUT2D eigenvalue weighted by Gasteiger charge is 2.44. The molecule has 0 amide bonds. The number of methoxy groups -OCH3 is 2. The molecule has 4 nitrogen and oxygen atoms in total. The Balaban J connectivity index is 2.45. The van der Waals surface area contributed by atoms with Crippen LogP contribution in [0, 0.1) is 0 Å². The van der Waals surface area contributed by atoms with Gasteiger partial charge in [0.1, 0.15) is 16.0 Å². The molecule has 1 aromatic carbocycles. The third-order valence-corrected chi connectivity index (χ3v) is 3.94. The van der Waals surface area contributed by atoms with E-state index < -0.39 is 5.60 Å². The average molecular weight is 302 g/mol. The third-order valence-electron chi connectivity index (χ3n) is 3.19. The molecule has 1 aromatic rings. The largest absolute Gasteiger partial charge is 0.495 e. The monoisotopic (exact) mass is 301 g/mol. The Morgan fingerprint density at radius 2 is 2.00 bits per heavy atom. The van der Waals surface area contributed by atoms with Crippen molar-refractivity contribution >= 4 is 15.9 Å². The fraction of sp³-hybridized carbons (Fsp3) is 0.500. The van der Waals surface area contributed by atoms with Gasteiger partial charge in [0.25, 0.3) is 0 Å². The first kappa shape index (κ1) is 12.7. The molecule has 1 aliphatic rings. The summed E-state index contributed by atoms with van der Waals surface area (Å²) in [5.41, 5.74) is 5.62. The molecule has 1 aliphatic carbocycles. The van der Waals surface area contributed by atoms with Gasteiger partial charge in [0.05, 0.1) is 19.8 Å². The Kier molecular flexibility index (Phi) is 3.34. The average Bonchev–Trinajstić information content (AvgIpc) is 2.26. The van der Waals surface area contributed by atoms with Gasteiger partial charge in [0.2, 0.25) is 0 Å². The molecule has 2 rings (SSSR count). The third kappa shape index (κ3) is 2.03. The van der Waals surface area contributed by atoms with Gasteiger partial charge in [-0.2, -0.15) is 0 Å². The number of rotatable bonds is 3. The fourth-order valence-electron chi connectivity index (χ4n) is 2.29. The van der Waals surface area contributed by atoms with Crippen LogP contribution >= 0.6 is 15.9 Å². The van der Waals surface area contributed by atoms with Crippen molar-refractivity contribution in [3.05, 3.63) is 22.2 Å². The summed E-state index contributed by atoms with van der Waals surface area (Å²) >= 11 is 3.42. The van der Waals surface area contributed by atoms with E-state index in [-0.39, 0.29) is 6.04 Å². The van der Waals surface area contributed by atoms with Gasteiger partial charge in [-0.1, -0.05) is 0 Å². The van der Waals surface area contributed by atoms with Gasteiger partial charge >= 0.3 is 0 Å². The van der Waals surface area contributed by atoms with Crippen LogP contribution in [0.5, 0.6) is 11.5 Å². The highest BCUT2D eigenvalue weighted by Crippen LogP contribution is 2.48. The van der Waals surface area contributed by atoms with E-state index in [2.05, 4.69) is 15.9 Å².